The Balaban J connectivity index is 2.56. The molecule has 0 spiro atoms. The molecule has 3 N–H and O–H groups in total. The number of hydrogen-bond donors (Lipinski definition) is 3. The van der Waals surface area contributed by atoms with Crippen LogP contribution in [0.15, 0.2) is 24.3 Å². The Morgan fingerprint density at radius 2 is 1.60 bits per heavy atom. The molecule has 3 atom stereocenters. The van der Waals surface area contributed by atoms with Crippen molar-refractivity contribution in [2.24, 2.45) is 11.8 Å². The minimum Gasteiger partial charge on any atom is -0.508 e. The van der Waals surface area contributed by atoms with E-state index >= 15 is 0 Å². The smallest absolute Gasteiger partial charge is 0.408 e. The fourth-order valence-electron chi connectivity index (χ4n) is 5.30. The summed E-state index contributed by atoms with van der Waals surface area (Å²) >= 11 is 0. The van der Waals surface area contributed by atoms with Gasteiger partial charge in [-0.25, -0.2) is 4.79 Å². The van der Waals surface area contributed by atoms with E-state index in [1.807, 2.05) is 20.8 Å². The molecule has 40 heavy (non-hydrogen) atoms. The Bertz CT molecular complexity index is 966. The molecular weight excluding hydrogens is 506 g/mol. The van der Waals surface area contributed by atoms with E-state index in [1.165, 1.54) is 0 Å². The Hall–Kier alpha value is -2.77. The van der Waals surface area contributed by atoms with Gasteiger partial charge in [0.25, 0.3) is 0 Å². The van der Waals surface area contributed by atoms with Gasteiger partial charge in [-0.05, 0) is 77.7 Å². The zero-order valence-corrected chi connectivity index (χ0v) is 26.0. The van der Waals surface area contributed by atoms with Crippen LogP contribution in [0.5, 0.6) is 5.75 Å². The molecule has 1 aromatic rings. The molecule has 0 aromatic heterocycles. The molecule has 0 bridgehead atoms. The number of alkyl carbamates (subject to hydrolysis) is 1. The number of benzene rings is 1. The predicted octanol–water partition coefficient (Wildman–Crippen LogP) is 6.47. The van der Waals surface area contributed by atoms with Gasteiger partial charge in [0, 0.05) is 17.6 Å². The van der Waals surface area contributed by atoms with Crippen LogP contribution >= 0.6 is 0 Å². The van der Waals surface area contributed by atoms with Gasteiger partial charge in [0.15, 0.2) is 0 Å². The van der Waals surface area contributed by atoms with E-state index in [2.05, 4.69) is 24.5 Å². The molecule has 0 heterocycles. The van der Waals surface area contributed by atoms with Gasteiger partial charge in [0.05, 0.1) is 0 Å². The highest BCUT2D eigenvalue weighted by atomic mass is 16.6. The number of carbonyl (C=O) groups excluding carboxylic acids is 3. The lowest BCUT2D eigenvalue weighted by molar-refractivity contribution is -0.146. The molecule has 8 heteroatoms. The molecule has 0 saturated heterocycles. The van der Waals surface area contributed by atoms with Gasteiger partial charge in [-0.15, -0.1) is 0 Å². The number of rotatable bonds is 12. The first-order valence-electron chi connectivity index (χ1n) is 15.1. The summed E-state index contributed by atoms with van der Waals surface area (Å²) < 4.78 is 5.49. The maximum absolute atomic E-state index is 14.5. The fraction of sp³-hybridized carbons (Fsp3) is 0.719. The molecule has 0 radical (unpaired) electrons. The SMILES string of the molecule is CC(C)CCC(C)N(C(=O)C(CC(C)C)NC(=O)OC(C)(C)C)C(C(=O)NC1CCCCC1)c1ccccc1O. The zero-order valence-electron chi connectivity index (χ0n) is 26.0. The van der Waals surface area contributed by atoms with E-state index in [4.69, 9.17) is 4.74 Å². The van der Waals surface area contributed by atoms with Crippen LogP contribution in [-0.4, -0.2) is 51.6 Å². The molecular formula is C32H53N3O5. The molecule has 3 unspecified atom stereocenters. The third-order valence-corrected chi connectivity index (χ3v) is 7.30. The minimum atomic E-state index is -1.05. The summed E-state index contributed by atoms with van der Waals surface area (Å²) in [7, 11) is 0. The number of phenolic OH excluding ortho intramolecular Hbond substituents is 1. The van der Waals surface area contributed by atoms with Gasteiger partial charge >= 0.3 is 6.09 Å². The van der Waals surface area contributed by atoms with Gasteiger partial charge in [-0.2, -0.15) is 0 Å². The van der Waals surface area contributed by atoms with Crippen molar-refractivity contribution in [3.8, 4) is 5.75 Å². The molecule has 1 fully saturated rings. The first-order valence-corrected chi connectivity index (χ1v) is 15.1. The lowest BCUT2D eigenvalue weighted by Crippen LogP contribution is -2.56. The number of para-hydroxylation sites is 1. The van der Waals surface area contributed by atoms with Crippen LogP contribution in [0.3, 0.4) is 0 Å². The van der Waals surface area contributed by atoms with Crippen LogP contribution < -0.4 is 10.6 Å². The Labute approximate surface area is 241 Å². The lowest BCUT2D eigenvalue weighted by Gasteiger charge is -2.40. The van der Waals surface area contributed by atoms with Crippen LogP contribution in [0.2, 0.25) is 0 Å². The van der Waals surface area contributed by atoms with E-state index in [0.29, 0.717) is 24.3 Å². The first-order chi connectivity index (χ1) is 18.7. The molecule has 3 amide bonds. The normalized spacial score (nSPS) is 16.8. The minimum absolute atomic E-state index is 0.0314. The van der Waals surface area contributed by atoms with Crippen molar-refractivity contribution in [2.45, 2.75) is 137 Å². The topological polar surface area (TPSA) is 108 Å². The summed E-state index contributed by atoms with van der Waals surface area (Å²) in [6, 6.07) is 4.48. The summed E-state index contributed by atoms with van der Waals surface area (Å²) in [4.78, 5) is 43.0. The number of ether oxygens (including phenoxy) is 1. The second-order valence-corrected chi connectivity index (χ2v) is 13.2. The summed E-state index contributed by atoms with van der Waals surface area (Å²) in [5.74, 6) is -0.205. The van der Waals surface area contributed by atoms with E-state index in [1.54, 1.807) is 49.9 Å². The van der Waals surface area contributed by atoms with Crippen molar-refractivity contribution < 1.29 is 24.2 Å². The highest BCUT2D eigenvalue weighted by Crippen LogP contribution is 2.33. The predicted molar refractivity (Wildman–Crippen MR) is 159 cm³/mol. The zero-order chi connectivity index (χ0) is 30.0. The van der Waals surface area contributed by atoms with Gasteiger partial charge in [0.2, 0.25) is 11.8 Å². The number of hydrogen-bond acceptors (Lipinski definition) is 5. The summed E-state index contributed by atoms with van der Waals surface area (Å²) in [5.41, 5.74) is -0.348. The van der Waals surface area contributed by atoms with Crippen molar-refractivity contribution in [3.63, 3.8) is 0 Å². The van der Waals surface area contributed by atoms with Gasteiger partial charge in [0.1, 0.15) is 23.4 Å². The van der Waals surface area contributed by atoms with Crippen LogP contribution in [0.1, 0.15) is 118 Å². The second-order valence-electron chi connectivity index (χ2n) is 13.2. The number of aromatic hydroxyl groups is 1. The van der Waals surface area contributed by atoms with E-state index in [-0.39, 0.29) is 35.6 Å². The van der Waals surface area contributed by atoms with Crippen molar-refractivity contribution in [1.82, 2.24) is 15.5 Å². The van der Waals surface area contributed by atoms with Crippen molar-refractivity contribution in [2.75, 3.05) is 0 Å². The first kappa shape index (κ1) is 33.4. The summed E-state index contributed by atoms with van der Waals surface area (Å²) in [6.45, 7) is 15.5. The number of amides is 3. The highest BCUT2D eigenvalue weighted by molar-refractivity contribution is 5.93. The summed E-state index contributed by atoms with van der Waals surface area (Å²) in [6.07, 6.45) is 6.28. The molecule has 226 valence electrons. The molecule has 1 saturated carbocycles. The standard InChI is InChI=1S/C32H53N3O5/c1-21(2)18-19-23(5)35(30(38)26(20-22(3)4)34-31(39)40-32(6,7)8)28(25-16-12-13-17-27(25)36)29(37)33-24-14-10-9-11-15-24/h12-13,16-17,21-24,26,28,36H,9-11,14-15,18-20H2,1-8H3,(H,33,37)(H,34,39). The number of nitrogens with one attached hydrogen (secondary N) is 2. The second kappa shape index (κ2) is 15.3. The van der Waals surface area contributed by atoms with Gasteiger partial charge in [-0.3, -0.25) is 9.59 Å². The van der Waals surface area contributed by atoms with Crippen LogP contribution in [0, 0.1) is 11.8 Å². The molecule has 0 aliphatic heterocycles. The van der Waals surface area contributed by atoms with Crippen molar-refractivity contribution in [3.05, 3.63) is 29.8 Å². The average molecular weight is 560 g/mol. The van der Waals surface area contributed by atoms with Gasteiger partial charge in [-0.1, -0.05) is 65.2 Å². The third kappa shape index (κ3) is 10.7. The molecule has 2 rings (SSSR count). The van der Waals surface area contributed by atoms with Crippen LogP contribution in [-0.2, 0) is 14.3 Å². The largest absolute Gasteiger partial charge is 0.508 e. The van der Waals surface area contributed by atoms with Crippen LogP contribution in [0.4, 0.5) is 4.79 Å². The van der Waals surface area contributed by atoms with E-state index < -0.39 is 23.8 Å². The quantitative estimate of drug-likeness (QED) is 0.272. The monoisotopic (exact) mass is 559 g/mol. The maximum atomic E-state index is 14.5. The third-order valence-electron chi connectivity index (χ3n) is 7.30. The molecule has 8 nitrogen and oxygen atoms in total. The molecule has 1 aliphatic rings. The Morgan fingerprint density at radius 3 is 2.15 bits per heavy atom. The lowest BCUT2D eigenvalue weighted by atomic mass is 9.93. The maximum Gasteiger partial charge on any atom is 0.408 e. The van der Waals surface area contributed by atoms with Crippen LogP contribution in [0.25, 0.3) is 0 Å². The summed E-state index contributed by atoms with van der Waals surface area (Å²) in [5, 5.41) is 16.9. The van der Waals surface area contributed by atoms with Crippen molar-refractivity contribution in [1.29, 1.82) is 0 Å². The highest BCUT2D eigenvalue weighted by Gasteiger charge is 2.40. The number of phenols is 1. The number of carbonyl (C=O) groups is 3. The number of nitrogens with zero attached hydrogens (tertiary/aromatic N) is 1. The Kier molecular flexibility index (Phi) is 12.8. The molecule has 1 aliphatic carbocycles. The average Bonchev–Trinajstić information content (AvgIpc) is 2.84. The van der Waals surface area contributed by atoms with Gasteiger partial charge < -0.3 is 25.4 Å². The molecule has 1 aromatic carbocycles. The van der Waals surface area contributed by atoms with E-state index in [9.17, 15) is 19.5 Å². The Morgan fingerprint density at radius 1 is 0.975 bits per heavy atom. The van der Waals surface area contributed by atoms with E-state index in [0.717, 1.165) is 38.5 Å². The van der Waals surface area contributed by atoms with Crippen molar-refractivity contribution >= 4 is 17.9 Å². The fourth-order valence-corrected chi connectivity index (χ4v) is 5.30.